The van der Waals surface area contributed by atoms with Crippen molar-refractivity contribution in [1.82, 2.24) is 4.90 Å². The van der Waals surface area contributed by atoms with Gasteiger partial charge in [0.1, 0.15) is 5.75 Å². The minimum atomic E-state index is 0.669. The van der Waals surface area contributed by atoms with E-state index in [1.165, 1.54) is 5.56 Å². The predicted molar refractivity (Wildman–Crippen MR) is 104 cm³/mol. The highest BCUT2D eigenvalue weighted by Crippen LogP contribution is 2.24. The first-order valence-corrected chi connectivity index (χ1v) is 8.67. The van der Waals surface area contributed by atoms with Crippen LogP contribution in [0.2, 0.25) is 0 Å². The summed E-state index contributed by atoms with van der Waals surface area (Å²) in [5, 5.41) is 4.03. The van der Waals surface area contributed by atoms with Gasteiger partial charge in [0.15, 0.2) is 5.11 Å². The molecule has 0 aliphatic rings. The van der Waals surface area contributed by atoms with Gasteiger partial charge in [-0.15, -0.1) is 0 Å². The number of nitrogens with one attached hydrogen (secondary N) is 1. The molecule has 2 rings (SSSR count). The number of para-hydroxylation sites is 1. The minimum Gasteiger partial charge on any atom is -0.496 e. The summed E-state index contributed by atoms with van der Waals surface area (Å²) in [6, 6.07) is 14.2. The Morgan fingerprint density at radius 2 is 1.96 bits per heavy atom. The minimum absolute atomic E-state index is 0.669. The number of hydrogen-bond acceptors (Lipinski definition) is 2. The summed E-state index contributed by atoms with van der Waals surface area (Å²) in [5.41, 5.74) is 3.40. The predicted octanol–water partition coefficient (Wildman–Crippen LogP) is 4.85. The normalized spacial score (nSPS) is 10.3. The fraction of sp³-hybridized carbons (Fsp3) is 0.278. The molecule has 1 N–H and O–H groups in total. The van der Waals surface area contributed by atoms with Crippen molar-refractivity contribution in [3.63, 3.8) is 0 Å². The molecule has 0 aliphatic heterocycles. The molecule has 0 bridgehead atoms. The van der Waals surface area contributed by atoms with E-state index in [2.05, 4.69) is 46.4 Å². The van der Waals surface area contributed by atoms with Crippen LogP contribution in [0.4, 0.5) is 5.69 Å². The Morgan fingerprint density at radius 1 is 1.22 bits per heavy atom. The molecule has 0 fully saturated rings. The van der Waals surface area contributed by atoms with Crippen molar-refractivity contribution in [2.24, 2.45) is 0 Å². The Balaban J connectivity index is 2.10. The zero-order valence-electron chi connectivity index (χ0n) is 13.6. The van der Waals surface area contributed by atoms with Crippen LogP contribution in [0.15, 0.2) is 46.9 Å². The molecule has 0 spiro atoms. The van der Waals surface area contributed by atoms with Crippen molar-refractivity contribution >= 4 is 38.9 Å². The van der Waals surface area contributed by atoms with Crippen molar-refractivity contribution in [3.8, 4) is 5.75 Å². The van der Waals surface area contributed by atoms with Crippen LogP contribution < -0.4 is 10.1 Å². The fourth-order valence-corrected chi connectivity index (χ4v) is 2.94. The number of benzene rings is 2. The van der Waals surface area contributed by atoms with E-state index in [-0.39, 0.29) is 0 Å². The molecule has 2 aromatic rings. The number of halogens is 1. The lowest BCUT2D eigenvalue weighted by molar-refractivity contribution is 0.399. The second kappa shape index (κ2) is 8.31. The Kier molecular flexibility index (Phi) is 6.42. The molecular weight excluding hydrogens is 372 g/mol. The SMILES string of the molecule is CCc1ccccc1NC(=S)N(C)Cc1cc(Br)ccc1OC. The van der Waals surface area contributed by atoms with Crippen LogP contribution in [-0.4, -0.2) is 24.2 Å². The Morgan fingerprint density at radius 3 is 2.65 bits per heavy atom. The van der Waals surface area contributed by atoms with Crippen LogP contribution in [0.25, 0.3) is 0 Å². The van der Waals surface area contributed by atoms with Crippen LogP contribution in [0.5, 0.6) is 5.75 Å². The molecule has 0 aromatic heterocycles. The van der Waals surface area contributed by atoms with Crippen LogP contribution in [0.1, 0.15) is 18.1 Å². The first kappa shape index (κ1) is 17.8. The van der Waals surface area contributed by atoms with Crippen LogP contribution in [0.3, 0.4) is 0 Å². The Labute approximate surface area is 151 Å². The number of nitrogens with zero attached hydrogens (tertiary/aromatic N) is 1. The number of thiocarbonyl (C=S) groups is 1. The second-order valence-corrected chi connectivity index (χ2v) is 6.56. The molecule has 0 aliphatic carbocycles. The summed E-state index contributed by atoms with van der Waals surface area (Å²) in [4.78, 5) is 2.01. The van der Waals surface area contributed by atoms with E-state index in [0.717, 1.165) is 27.9 Å². The molecule has 0 amide bonds. The van der Waals surface area contributed by atoms with E-state index in [4.69, 9.17) is 17.0 Å². The van der Waals surface area contributed by atoms with Gasteiger partial charge in [-0.1, -0.05) is 41.1 Å². The Bertz CT molecular complexity index is 690. The maximum Gasteiger partial charge on any atom is 0.173 e. The van der Waals surface area contributed by atoms with E-state index in [1.54, 1.807) is 7.11 Å². The molecule has 23 heavy (non-hydrogen) atoms. The third-order valence-electron chi connectivity index (χ3n) is 3.64. The van der Waals surface area contributed by atoms with Gasteiger partial charge in [-0.3, -0.25) is 0 Å². The van der Waals surface area contributed by atoms with Crippen molar-refractivity contribution in [1.29, 1.82) is 0 Å². The summed E-state index contributed by atoms with van der Waals surface area (Å²) in [6.45, 7) is 2.81. The number of hydrogen-bond donors (Lipinski definition) is 1. The molecule has 3 nitrogen and oxygen atoms in total. The standard InChI is InChI=1S/C18H21BrN2OS/c1-4-13-7-5-6-8-16(13)20-18(23)21(2)12-14-11-15(19)9-10-17(14)22-3/h5-11H,4,12H2,1-3H3,(H,20,23). The molecule has 5 heteroatoms. The molecule has 0 saturated heterocycles. The van der Waals surface area contributed by atoms with Crippen molar-refractivity contribution < 1.29 is 4.74 Å². The molecular formula is C18H21BrN2OS. The topological polar surface area (TPSA) is 24.5 Å². The zero-order chi connectivity index (χ0) is 16.8. The monoisotopic (exact) mass is 392 g/mol. The zero-order valence-corrected chi connectivity index (χ0v) is 16.0. The summed E-state index contributed by atoms with van der Waals surface area (Å²) in [5.74, 6) is 0.858. The van der Waals surface area contributed by atoms with Gasteiger partial charge in [-0.05, 0) is 48.5 Å². The van der Waals surface area contributed by atoms with Gasteiger partial charge in [0.05, 0.1) is 7.11 Å². The highest BCUT2D eigenvalue weighted by molar-refractivity contribution is 9.10. The first-order chi connectivity index (χ1) is 11.0. The lowest BCUT2D eigenvalue weighted by Gasteiger charge is -2.23. The van der Waals surface area contributed by atoms with Gasteiger partial charge < -0.3 is 15.0 Å². The smallest absolute Gasteiger partial charge is 0.173 e. The van der Waals surface area contributed by atoms with Crippen molar-refractivity contribution in [3.05, 3.63) is 58.1 Å². The summed E-state index contributed by atoms with van der Waals surface area (Å²) >= 11 is 9.04. The number of anilines is 1. The van der Waals surface area contributed by atoms with E-state index in [1.807, 2.05) is 36.2 Å². The maximum atomic E-state index is 5.54. The van der Waals surface area contributed by atoms with Gasteiger partial charge in [-0.25, -0.2) is 0 Å². The van der Waals surface area contributed by atoms with Crippen molar-refractivity contribution in [2.75, 3.05) is 19.5 Å². The van der Waals surface area contributed by atoms with E-state index in [9.17, 15) is 0 Å². The number of methoxy groups -OCH3 is 1. The average Bonchev–Trinajstić information content (AvgIpc) is 2.55. The van der Waals surface area contributed by atoms with Crippen LogP contribution in [0, 0.1) is 0 Å². The van der Waals surface area contributed by atoms with Crippen molar-refractivity contribution in [2.45, 2.75) is 19.9 Å². The maximum absolute atomic E-state index is 5.54. The van der Waals surface area contributed by atoms with Gasteiger partial charge in [0.2, 0.25) is 0 Å². The van der Waals surface area contributed by atoms with Crippen LogP contribution >= 0.6 is 28.1 Å². The third-order valence-corrected chi connectivity index (χ3v) is 4.54. The third kappa shape index (κ3) is 4.69. The summed E-state index contributed by atoms with van der Waals surface area (Å²) < 4.78 is 6.45. The molecule has 122 valence electrons. The summed E-state index contributed by atoms with van der Waals surface area (Å²) in [6.07, 6.45) is 0.967. The molecule has 0 saturated carbocycles. The van der Waals surface area contributed by atoms with E-state index in [0.29, 0.717) is 11.7 Å². The van der Waals surface area contributed by atoms with Gasteiger partial charge >= 0.3 is 0 Å². The highest BCUT2D eigenvalue weighted by Gasteiger charge is 2.11. The molecule has 0 heterocycles. The highest BCUT2D eigenvalue weighted by atomic mass is 79.9. The number of aryl methyl sites for hydroxylation is 1. The molecule has 2 aromatic carbocycles. The number of ether oxygens (including phenoxy) is 1. The second-order valence-electron chi connectivity index (χ2n) is 5.25. The quantitative estimate of drug-likeness (QED) is 0.734. The van der Waals surface area contributed by atoms with E-state index < -0.39 is 0 Å². The molecule has 0 radical (unpaired) electrons. The molecule has 0 atom stereocenters. The first-order valence-electron chi connectivity index (χ1n) is 7.47. The largest absolute Gasteiger partial charge is 0.496 e. The van der Waals surface area contributed by atoms with Crippen LogP contribution in [-0.2, 0) is 13.0 Å². The van der Waals surface area contributed by atoms with Gasteiger partial charge in [0.25, 0.3) is 0 Å². The summed E-state index contributed by atoms with van der Waals surface area (Å²) in [7, 11) is 3.66. The lowest BCUT2D eigenvalue weighted by Crippen LogP contribution is -2.31. The number of rotatable bonds is 5. The Hall–Kier alpha value is -1.59. The van der Waals surface area contributed by atoms with Gasteiger partial charge in [0, 0.05) is 29.3 Å². The fourth-order valence-electron chi connectivity index (χ4n) is 2.36. The van der Waals surface area contributed by atoms with E-state index >= 15 is 0 Å². The van der Waals surface area contributed by atoms with Gasteiger partial charge in [-0.2, -0.15) is 0 Å². The molecule has 0 unspecified atom stereocenters. The lowest BCUT2D eigenvalue weighted by atomic mass is 10.1. The average molecular weight is 393 g/mol.